The third-order valence-electron chi connectivity index (χ3n) is 2.83. The van der Waals surface area contributed by atoms with E-state index in [0.29, 0.717) is 11.5 Å². The largest absolute Gasteiger partial charge is 0.389 e. The number of pyridine rings is 1. The Labute approximate surface area is 114 Å². The van der Waals surface area contributed by atoms with E-state index in [2.05, 4.69) is 10.3 Å². The van der Waals surface area contributed by atoms with Gasteiger partial charge < -0.3 is 15.8 Å². The van der Waals surface area contributed by atoms with E-state index < -0.39 is 0 Å². The molecule has 0 spiro atoms. The molecule has 3 N–H and O–H groups in total. The van der Waals surface area contributed by atoms with Crippen molar-refractivity contribution in [3.8, 4) is 0 Å². The van der Waals surface area contributed by atoms with Gasteiger partial charge in [-0.15, -0.1) is 0 Å². The number of nitrogens with zero attached hydrogens (tertiary/aromatic N) is 1. The van der Waals surface area contributed by atoms with Crippen LogP contribution in [0.1, 0.15) is 30.7 Å². The number of nitrogens with two attached hydrogens (primary N) is 1. The summed E-state index contributed by atoms with van der Waals surface area (Å²) in [5.74, 6) is 0.727. The molecule has 0 saturated carbocycles. The summed E-state index contributed by atoms with van der Waals surface area (Å²) < 4.78 is 5.37. The zero-order chi connectivity index (χ0) is 13.9. The first-order chi connectivity index (χ1) is 8.26. The van der Waals surface area contributed by atoms with E-state index in [1.165, 1.54) is 0 Å². The standard InChI is InChI=1S/C13H21N3OS/c1-8-6-9(2)16-12(10(8)11(14)18)15-7-13(3,4)17-5/h6H,7H2,1-5H3,(H2,14,18)(H,15,16). The highest BCUT2D eigenvalue weighted by atomic mass is 32.1. The molecule has 18 heavy (non-hydrogen) atoms. The molecule has 0 fully saturated rings. The Morgan fingerprint density at radius 3 is 2.61 bits per heavy atom. The average Bonchev–Trinajstić information content (AvgIpc) is 2.25. The lowest BCUT2D eigenvalue weighted by molar-refractivity contribution is 0.0343. The van der Waals surface area contributed by atoms with Crippen LogP contribution in [0.5, 0.6) is 0 Å². The normalized spacial score (nSPS) is 11.4. The maximum atomic E-state index is 5.76. The number of nitrogens with one attached hydrogen (secondary N) is 1. The molecular formula is C13H21N3OS. The van der Waals surface area contributed by atoms with Crippen molar-refractivity contribution >= 4 is 23.0 Å². The molecule has 0 unspecified atom stereocenters. The summed E-state index contributed by atoms with van der Waals surface area (Å²) in [5.41, 5.74) is 8.26. The van der Waals surface area contributed by atoms with E-state index in [-0.39, 0.29) is 5.60 Å². The van der Waals surface area contributed by atoms with Crippen molar-refractivity contribution in [2.45, 2.75) is 33.3 Å². The van der Waals surface area contributed by atoms with Crippen LogP contribution in [0.25, 0.3) is 0 Å². The van der Waals surface area contributed by atoms with E-state index >= 15 is 0 Å². The van der Waals surface area contributed by atoms with E-state index in [4.69, 9.17) is 22.7 Å². The van der Waals surface area contributed by atoms with Crippen LogP contribution in [0, 0.1) is 13.8 Å². The van der Waals surface area contributed by atoms with E-state index in [1.54, 1.807) is 7.11 Å². The molecule has 1 aromatic heterocycles. The quantitative estimate of drug-likeness (QED) is 0.801. The molecule has 5 heteroatoms. The van der Waals surface area contributed by atoms with Crippen LogP contribution in [0.2, 0.25) is 0 Å². The Kier molecular flexibility index (Phi) is 4.65. The molecule has 0 aliphatic heterocycles. The lowest BCUT2D eigenvalue weighted by atomic mass is 10.1. The molecule has 0 aromatic carbocycles. The lowest BCUT2D eigenvalue weighted by Gasteiger charge is -2.24. The molecule has 0 atom stereocenters. The highest BCUT2D eigenvalue weighted by molar-refractivity contribution is 7.80. The highest BCUT2D eigenvalue weighted by Gasteiger charge is 2.18. The van der Waals surface area contributed by atoms with Crippen molar-refractivity contribution < 1.29 is 4.74 Å². The van der Waals surface area contributed by atoms with Crippen molar-refractivity contribution in [1.29, 1.82) is 0 Å². The van der Waals surface area contributed by atoms with Crippen LogP contribution in [0.4, 0.5) is 5.82 Å². The smallest absolute Gasteiger partial charge is 0.136 e. The third kappa shape index (κ3) is 3.65. The fourth-order valence-electron chi connectivity index (χ4n) is 1.64. The van der Waals surface area contributed by atoms with E-state index in [9.17, 15) is 0 Å². The van der Waals surface area contributed by atoms with Crippen LogP contribution in [0.3, 0.4) is 0 Å². The van der Waals surface area contributed by atoms with Crippen molar-refractivity contribution in [2.24, 2.45) is 5.73 Å². The van der Waals surface area contributed by atoms with Gasteiger partial charge in [-0.05, 0) is 39.3 Å². The molecule has 1 aromatic rings. The molecule has 1 rings (SSSR count). The first-order valence-corrected chi connectivity index (χ1v) is 6.25. The molecule has 0 amide bonds. The van der Waals surface area contributed by atoms with Crippen LogP contribution in [-0.2, 0) is 4.74 Å². The van der Waals surface area contributed by atoms with Gasteiger partial charge in [0, 0.05) is 19.3 Å². The number of anilines is 1. The summed E-state index contributed by atoms with van der Waals surface area (Å²) in [4.78, 5) is 4.82. The first-order valence-electron chi connectivity index (χ1n) is 5.84. The van der Waals surface area contributed by atoms with Gasteiger partial charge in [0.15, 0.2) is 0 Å². The van der Waals surface area contributed by atoms with Gasteiger partial charge in [0.05, 0.1) is 11.2 Å². The number of thiocarbonyl (C=S) groups is 1. The van der Waals surface area contributed by atoms with Gasteiger partial charge in [-0.25, -0.2) is 4.98 Å². The van der Waals surface area contributed by atoms with Gasteiger partial charge >= 0.3 is 0 Å². The second-order valence-corrected chi connectivity index (χ2v) is 5.43. The summed E-state index contributed by atoms with van der Waals surface area (Å²) in [6.45, 7) is 8.57. The Morgan fingerprint density at radius 2 is 2.11 bits per heavy atom. The topological polar surface area (TPSA) is 60.2 Å². The SMILES string of the molecule is COC(C)(C)CNc1nc(C)cc(C)c1C(N)=S. The fourth-order valence-corrected chi connectivity index (χ4v) is 1.90. The molecule has 0 aliphatic rings. The fraction of sp³-hybridized carbons (Fsp3) is 0.538. The molecule has 4 nitrogen and oxygen atoms in total. The summed E-state index contributed by atoms with van der Waals surface area (Å²) in [6, 6.07) is 1.97. The van der Waals surface area contributed by atoms with E-state index in [1.807, 2.05) is 33.8 Å². The van der Waals surface area contributed by atoms with Gasteiger partial charge in [-0.1, -0.05) is 12.2 Å². The second-order valence-electron chi connectivity index (χ2n) is 4.99. The second kappa shape index (κ2) is 5.63. The molecule has 1 heterocycles. The van der Waals surface area contributed by atoms with Crippen molar-refractivity contribution in [3.63, 3.8) is 0 Å². The maximum absolute atomic E-state index is 5.76. The summed E-state index contributed by atoms with van der Waals surface area (Å²) in [6.07, 6.45) is 0. The number of aryl methyl sites for hydroxylation is 2. The van der Waals surface area contributed by atoms with Gasteiger partial charge in [-0.3, -0.25) is 0 Å². The Bertz CT molecular complexity index is 458. The van der Waals surface area contributed by atoms with Crippen molar-refractivity contribution in [1.82, 2.24) is 4.98 Å². The predicted molar refractivity (Wildman–Crippen MR) is 79.2 cm³/mol. The number of hydrogen-bond donors (Lipinski definition) is 2. The predicted octanol–water partition coefficient (Wildman–Crippen LogP) is 2.17. The summed E-state index contributed by atoms with van der Waals surface area (Å²) in [7, 11) is 1.69. The van der Waals surface area contributed by atoms with E-state index in [0.717, 1.165) is 22.6 Å². The zero-order valence-corrected chi connectivity index (χ0v) is 12.4. The average molecular weight is 267 g/mol. The number of hydrogen-bond acceptors (Lipinski definition) is 4. The third-order valence-corrected chi connectivity index (χ3v) is 3.03. The number of rotatable bonds is 5. The minimum Gasteiger partial charge on any atom is -0.389 e. The zero-order valence-electron chi connectivity index (χ0n) is 11.6. The van der Waals surface area contributed by atoms with Crippen LogP contribution in [-0.4, -0.2) is 29.2 Å². The number of ether oxygens (including phenoxy) is 1. The van der Waals surface area contributed by atoms with Crippen LogP contribution in [0.15, 0.2) is 6.07 Å². The minimum absolute atomic E-state index is 0.271. The molecule has 0 aliphatic carbocycles. The van der Waals surface area contributed by atoms with Crippen LogP contribution >= 0.6 is 12.2 Å². The minimum atomic E-state index is -0.271. The summed E-state index contributed by atoms with van der Waals surface area (Å²) >= 11 is 5.08. The molecule has 0 radical (unpaired) electrons. The Balaban J connectivity index is 3.04. The highest BCUT2D eigenvalue weighted by Crippen LogP contribution is 2.20. The number of methoxy groups -OCH3 is 1. The lowest BCUT2D eigenvalue weighted by Crippen LogP contribution is -2.33. The first kappa shape index (κ1) is 14.9. The van der Waals surface area contributed by atoms with Gasteiger partial charge in [0.25, 0.3) is 0 Å². The molecule has 0 bridgehead atoms. The van der Waals surface area contributed by atoms with Gasteiger partial charge in [-0.2, -0.15) is 0 Å². The summed E-state index contributed by atoms with van der Waals surface area (Å²) in [5, 5.41) is 3.26. The molecular weight excluding hydrogens is 246 g/mol. The van der Waals surface area contributed by atoms with Gasteiger partial charge in [0.2, 0.25) is 0 Å². The van der Waals surface area contributed by atoms with Crippen LogP contribution < -0.4 is 11.1 Å². The molecule has 100 valence electrons. The monoisotopic (exact) mass is 267 g/mol. The Hall–Kier alpha value is -1.20. The number of aromatic nitrogens is 1. The Morgan fingerprint density at radius 1 is 1.50 bits per heavy atom. The van der Waals surface area contributed by atoms with Gasteiger partial charge in [0.1, 0.15) is 10.8 Å². The maximum Gasteiger partial charge on any atom is 0.136 e. The van der Waals surface area contributed by atoms with Crippen molar-refractivity contribution in [2.75, 3.05) is 19.0 Å². The molecule has 0 saturated heterocycles. The van der Waals surface area contributed by atoms with Crippen molar-refractivity contribution in [3.05, 3.63) is 22.9 Å².